The second kappa shape index (κ2) is 6.90. The lowest BCUT2D eigenvalue weighted by Gasteiger charge is -2.18. The van der Waals surface area contributed by atoms with Crippen molar-refractivity contribution in [3.8, 4) is 11.5 Å². The van der Waals surface area contributed by atoms with Crippen LogP contribution in [0.1, 0.15) is 37.1 Å². The fraction of sp³-hybridized carbons (Fsp3) is 0.571. The van der Waals surface area contributed by atoms with E-state index in [1.807, 2.05) is 12.1 Å². The van der Waals surface area contributed by atoms with Crippen molar-refractivity contribution in [2.24, 2.45) is 5.92 Å². The van der Waals surface area contributed by atoms with Gasteiger partial charge in [0.15, 0.2) is 0 Å². The molecular weight excluding hydrogens is 280 g/mol. The van der Waals surface area contributed by atoms with Crippen LogP contribution in [0.5, 0.6) is 11.5 Å². The van der Waals surface area contributed by atoms with Gasteiger partial charge in [-0.2, -0.15) is 0 Å². The van der Waals surface area contributed by atoms with Crippen LogP contribution in [0.25, 0.3) is 0 Å². The van der Waals surface area contributed by atoms with E-state index in [0.717, 1.165) is 17.9 Å². The van der Waals surface area contributed by atoms with Crippen molar-refractivity contribution in [1.29, 1.82) is 0 Å². The second-order valence-electron chi connectivity index (χ2n) is 4.32. The number of ether oxygens (including phenoxy) is 2. The van der Waals surface area contributed by atoms with Crippen molar-refractivity contribution in [3.05, 3.63) is 23.8 Å². The van der Waals surface area contributed by atoms with Crippen molar-refractivity contribution in [1.82, 2.24) is 0 Å². The highest BCUT2D eigenvalue weighted by Gasteiger charge is 2.16. The molecule has 0 radical (unpaired) electrons. The molecular formula is C14H21BrO2. The summed E-state index contributed by atoms with van der Waals surface area (Å²) in [4.78, 5) is 0.332. The molecule has 0 aliphatic heterocycles. The van der Waals surface area contributed by atoms with Crippen molar-refractivity contribution >= 4 is 15.9 Å². The van der Waals surface area contributed by atoms with E-state index in [0.29, 0.717) is 10.7 Å². The molecule has 0 aliphatic rings. The van der Waals surface area contributed by atoms with Gasteiger partial charge in [0.05, 0.1) is 14.2 Å². The van der Waals surface area contributed by atoms with Crippen LogP contribution in [0.3, 0.4) is 0 Å². The number of alkyl halides is 1. The van der Waals surface area contributed by atoms with Crippen LogP contribution in [0.2, 0.25) is 0 Å². The number of methoxy groups -OCH3 is 2. The standard InChI is InChI=1S/C14H21BrO2/c1-5-10(2)8-13(15)12-7-6-11(16-3)9-14(12)17-4/h6-7,9-10,13H,5,8H2,1-4H3. The summed E-state index contributed by atoms with van der Waals surface area (Å²) in [5.74, 6) is 2.41. The van der Waals surface area contributed by atoms with Crippen LogP contribution in [-0.2, 0) is 0 Å². The Bertz CT molecular complexity index is 352. The van der Waals surface area contributed by atoms with Gasteiger partial charge >= 0.3 is 0 Å². The highest BCUT2D eigenvalue weighted by atomic mass is 79.9. The topological polar surface area (TPSA) is 18.5 Å². The van der Waals surface area contributed by atoms with E-state index in [1.54, 1.807) is 14.2 Å². The summed E-state index contributed by atoms with van der Waals surface area (Å²) in [5, 5.41) is 0. The predicted octanol–water partition coefficient (Wildman–Crippen LogP) is 4.58. The third kappa shape index (κ3) is 3.91. The Hall–Kier alpha value is -0.700. The fourth-order valence-electron chi connectivity index (χ4n) is 1.72. The molecule has 3 heteroatoms. The highest BCUT2D eigenvalue weighted by molar-refractivity contribution is 9.09. The first-order chi connectivity index (χ1) is 8.12. The van der Waals surface area contributed by atoms with Gasteiger partial charge in [0.2, 0.25) is 0 Å². The maximum atomic E-state index is 5.41. The van der Waals surface area contributed by atoms with Gasteiger partial charge in [0.25, 0.3) is 0 Å². The monoisotopic (exact) mass is 300 g/mol. The quantitative estimate of drug-likeness (QED) is 0.716. The third-order valence-corrected chi connectivity index (χ3v) is 3.95. The number of halogens is 1. The van der Waals surface area contributed by atoms with Gasteiger partial charge in [-0.15, -0.1) is 0 Å². The molecule has 0 fully saturated rings. The van der Waals surface area contributed by atoms with E-state index in [-0.39, 0.29) is 0 Å². The summed E-state index contributed by atoms with van der Waals surface area (Å²) in [6.07, 6.45) is 2.31. The molecule has 0 aliphatic carbocycles. The Kier molecular flexibility index (Phi) is 5.83. The van der Waals surface area contributed by atoms with E-state index in [4.69, 9.17) is 9.47 Å². The van der Waals surface area contributed by atoms with E-state index in [9.17, 15) is 0 Å². The number of hydrogen-bond acceptors (Lipinski definition) is 2. The Labute approximate surface area is 112 Å². The van der Waals surface area contributed by atoms with Crippen LogP contribution in [-0.4, -0.2) is 14.2 Å². The zero-order chi connectivity index (χ0) is 12.8. The summed E-state index contributed by atoms with van der Waals surface area (Å²) >= 11 is 3.74. The SMILES string of the molecule is CCC(C)CC(Br)c1ccc(OC)cc1OC. The molecule has 0 aromatic heterocycles. The summed E-state index contributed by atoms with van der Waals surface area (Å²) in [6, 6.07) is 5.97. The number of rotatable bonds is 6. The van der Waals surface area contributed by atoms with E-state index < -0.39 is 0 Å². The molecule has 0 spiro atoms. The first-order valence-corrected chi connectivity index (χ1v) is 6.89. The molecule has 0 saturated heterocycles. The molecule has 1 aromatic rings. The van der Waals surface area contributed by atoms with Gasteiger partial charge < -0.3 is 9.47 Å². The first kappa shape index (κ1) is 14.4. The largest absolute Gasteiger partial charge is 0.497 e. The number of benzene rings is 1. The molecule has 1 rings (SSSR count). The lowest BCUT2D eigenvalue weighted by atomic mass is 9.98. The van der Waals surface area contributed by atoms with Crippen LogP contribution in [0, 0.1) is 5.92 Å². The average Bonchev–Trinajstić information content (AvgIpc) is 2.37. The molecule has 1 aromatic carbocycles. The molecule has 0 amide bonds. The number of hydrogen-bond donors (Lipinski definition) is 0. The summed E-state index contributed by atoms with van der Waals surface area (Å²) < 4.78 is 10.6. The first-order valence-electron chi connectivity index (χ1n) is 5.98. The second-order valence-corrected chi connectivity index (χ2v) is 5.43. The Morgan fingerprint density at radius 2 is 1.94 bits per heavy atom. The van der Waals surface area contributed by atoms with Crippen LogP contribution in [0.15, 0.2) is 18.2 Å². The lowest BCUT2D eigenvalue weighted by molar-refractivity contribution is 0.389. The maximum Gasteiger partial charge on any atom is 0.126 e. The zero-order valence-corrected chi connectivity index (χ0v) is 12.6. The van der Waals surface area contributed by atoms with Gasteiger partial charge in [-0.05, 0) is 18.4 Å². The minimum absolute atomic E-state index is 0.332. The molecule has 0 saturated carbocycles. The highest BCUT2D eigenvalue weighted by Crippen LogP contribution is 2.38. The maximum absolute atomic E-state index is 5.41. The Morgan fingerprint density at radius 1 is 1.24 bits per heavy atom. The van der Waals surface area contributed by atoms with E-state index >= 15 is 0 Å². The average molecular weight is 301 g/mol. The van der Waals surface area contributed by atoms with Crippen molar-refractivity contribution in [3.63, 3.8) is 0 Å². The molecule has 0 N–H and O–H groups in total. The Balaban J connectivity index is 2.88. The van der Waals surface area contributed by atoms with Gasteiger partial charge in [-0.25, -0.2) is 0 Å². The van der Waals surface area contributed by atoms with Crippen LogP contribution >= 0.6 is 15.9 Å². The smallest absolute Gasteiger partial charge is 0.126 e. The minimum Gasteiger partial charge on any atom is -0.497 e. The Morgan fingerprint density at radius 3 is 2.47 bits per heavy atom. The van der Waals surface area contributed by atoms with E-state index in [1.165, 1.54) is 12.0 Å². The molecule has 2 atom stereocenters. The van der Waals surface area contributed by atoms with Crippen molar-refractivity contribution < 1.29 is 9.47 Å². The van der Waals surface area contributed by atoms with Gasteiger partial charge in [-0.3, -0.25) is 0 Å². The fourth-order valence-corrected chi connectivity index (χ4v) is 2.74. The summed E-state index contributed by atoms with van der Waals surface area (Å²) in [6.45, 7) is 4.49. The third-order valence-electron chi connectivity index (χ3n) is 3.08. The molecule has 17 heavy (non-hydrogen) atoms. The minimum atomic E-state index is 0.332. The van der Waals surface area contributed by atoms with Gasteiger partial charge in [0, 0.05) is 16.5 Å². The normalized spacial score (nSPS) is 14.2. The van der Waals surface area contributed by atoms with Crippen molar-refractivity contribution in [2.45, 2.75) is 31.5 Å². The van der Waals surface area contributed by atoms with E-state index in [2.05, 4.69) is 35.8 Å². The zero-order valence-electron chi connectivity index (χ0n) is 11.0. The molecule has 96 valence electrons. The molecule has 0 bridgehead atoms. The van der Waals surface area contributed by atoms with Crippen molar-refractivity contribution in [2.75, 3.05) is 14.2 Å². The summed E-state index contributed by atoms with van der Waals surface area (Å²) in [5.41, 5.74) is 1.19. The molecule has 2 unspecified atom stereocenters. The van der Waals surface area contributed by atoms with Crippen LogP contribution in [0.4, 0.5) is 0 Å². The lowest BCUT2D eigenvalue weighted by Crippen LogP contribution is -2.01. The summed E-state index contributed by atoms with van der Waals surface area (Å²) in [7, 11) is 3.36. The molecule has 0 heterocycles. The van der Waals surface area contributed by atoms with Crippen LogP contribution < -0.4 is 9.47 Å². The van der Waals surface area contributed by atoms with Gasteiger partial charge in [-0.1, -0.05) is 42.3 Å². The predicted molar refractivity (Wildman–Crippen MR) is 75.3 cm³/mol. The van der Waals surface area contributed by atoms with Gasteiger partial charge in [0.1, 0.15) is 11.5 Å². The molecule has 2 nitrogen and oxygen atoms in total.